The summed E-state index contributed by atoms with van der Waals surface area (Å²) in [4.78, 5) is 26.3. The lowest BCUT2D eigenvalue weighted by molar-refractivity contribution is -0.131. The van der Waals surface area contributed by atoms with Gasteiger partial charge in [0.15, 0.2) is 11.5 Å². The zero-order valence-electron chi connectivity index (χ0n) is 14.0. The highest BCUT2D eigenvalue weighted by Crippen LogP contribution is 2.27. The molecule has 0 aliphatic carbocycles. The topological polar surface area (TPSA) is 71.1 Å². The number of carbonyl (C=O) groups excluding carboxylic acids is 2. The molecule has 1 saturated heterocycles. The highest BCUT2D eigenvalue weighted by Gasteiger charge is 2.33. The first-order chi connectivity index (χ1) is 11.0. The second-order valence-corrected chi connectivity index (χ2v) is 5.46. The van der Waals surface area contributed by atoms with Gasteiger partial charge in [-0.2, -0.15) is 0 Å². The van der Waals surface area contributed by atoms with Gasteiger partial charge in [0.05, 0.1) is 26.8 Å². The molecule has 1 N–H and O–H groups in total. The molecule has 7 heteroatoms. The Kier molecular flexibility index (Phi) is 5.44. The lowest BCUT2D eigenvalue weighted by Crippen LogP contribution is -2.58. The third-order valence-electron chi connectivity index (χ3n) is 4.04. The van der Waals surface area contributed by atoms with E-state index in [4.69, 9.17) is 9.47 Å². The zero-order chi connectivity index (χ0) is 17.0. The van der Waals surface area contributed by atoms with Gasteiger partial charge in [0.1, 0.15) is 0 Å². The van der Waals surface area contributed by atoms with Gasteiger partial charge >= 0.3 is 6.03 Å². The smallest absolute Gasteiger partial charge is 0.327 e. The predicted octanol–water partition coefficient (Wildman–Crippen LogP) is 1.08. The summed E-state index contributed by atoms with van der Waals surface area (Å²) in [5.41, 5.74) is 1.09. The lowest BCUT2D eigenvalue weighted by Gasteiger charge is -2.36. The second kappa shape index (κ2) is 7.32. The highest BCUT2D eigenvalue weighted by molar-refractivity contribution is 5.96. The molecule has 0 aromatic heterocycles. The molecule has 1 aromatic rings. The van der Waals surface area contributed by atoms with Gasteiger partial charge in [-0.15, -0.1) is 0 Å². The summed E-state index contributed by atoms with van der Waals surface area (Å²) in [5, 5.41) is 3.25. The van der Waals surface area contributed by atoms with Gasteiger partial charge in [0.25, 0.3) is 0 Å². The molecule has 0 saturated carbocycles. The van der Waals surface area contributed by atoms with Crippen molar-refractivity contribution in [2.45, 2.75) is 19.0 Å². The molecule has 1 heterocycles. The molecule has 1 aromatic carbocycles. The molecule has 1 aliphatic rings. The minimum atomic E-state index is -0.287. The number of imide groups is 1. The largest absolute Gasteiger partial charge is 0.493 e. The van der Waals surface area contributed by atoms with Gasteiger partial charge in [0, 0.05) is 20.6 Å². The summed E-state index contributed by atoms with van der Waals surface area (Å²) >= 11 is 0. The number of urea groups is 1. The number of methoxy groups -OCH3 is 2. The van der Waals surface area contributed by atoms with Crippen LogP contribution in [-0.2, 0) is 11.2 Å². The van der Waals surface area contributed by atoms with Crippen LogP contribution in [0, 0.1) is 0 Å². The first kappa shape index (κ1) is 17.1. The van der Waals surface area contributed by atoms with Crippen LogP contribution in [0.1, 0.15) is 12.0 Å². The van der Waals surface area contributed by atoms with Crippen LogP contribution in [0.2, 0.25) is 0 Å². The number of amides is 3. The van der Waals surface area contributed by atoms with Crippen LogP contribution in [0.3, 0.4) is 0 Å². The summed E-state index contributed by atoms with van der Waals surface area (Å²) in [6, 6.07) is 5.47. The van der Waals surface area contributed by atoms with E-state index in [1.165, 1.54) is 7.05 Å². The Balaban J connectivity index is 1.92. The number of nitrogens with zero attached hydrogens (tertiary/aromatic N) is 2. The summed E-state index contributed by atoms with van der Waals surface area (Å²) in [6.45, 7) is 0.648. The number of nitrogens with one attached hydrogen (secondary N) is 1. The molecule has 7 nitrogen and oxygen atoms in total. The van der Waals surface area contributed by atoms with Crippen LogP contribution in [0.25, 0.3) is 0 Å². The molecule has 126 valence electrons. The van der Waals surface area contributed by atoms with Crippen LogP contribution in [0.4, 0.5) is 4.79 Å². The Labute approximate surface area is 136 Å². The molecule has 1 fully saturated rings. The number of hydrogen-bond acceptors (Lipinski definition) is 5. The Morgan fingerprint density at radius 3 is 2.52 bits per heavy atom. The van der Waals surface area contributed by atoms with Gasteiger partial charge in [-0.25, -0.2) is 4.79 Å². The van der Waals surface area contributed by atoms with Gasteiger partial charge < -0.3 is 14.4 Å². The average molecular weight is 321 g/mol. The zero-order valence-corrected chi connectivity index (χ0v) is 14.0. The van der Waals surface area contributed by atoms with E-state index in [1.807, 2.05) is 18.2 Å². The molecule has 2 rings (SSSR count). The van der Waals surface area contributed by atoms with E-state index < -0.39 is 0 Å². The number of rotatable bonds is 6. The quantitative estimate of drug-likeness (QED) is 0.849. The van der Waals surface area contributed by atoms with Crippen molar-refractivity contribution in [3.63, 3.8) is 0 Å². The molecule has 0 spiro atoms. The van der Waals surface area contributed by atoms with E-state index in [9.17, 15) is 9.59 Å². The second-order valence-electron chi connectivity index (χ2n) is 5.46. The maximum absolute atomic E-state index is 11.9. The van der Waals surface area contributed by atoms with Crippen LogP contribution < -0.4 is 14.8 Å². The fourth-order valence-electron chi connectivity index (χ4n) is 2.54. The van der Waals surface area contributed by atoms with Crippen LogP contribution in [0.15, 0.2) is 18.2 Å². The molecule has 3 amide bonds. The van der Waals surface area contributed by atoms with E-state index in [1.54, 1.807) is 26.2 Å². The number of carbonyl (C=O) groups is 2. The average Bonchev–Trinajstić information content (AvgIpc) is 2.57. The third kappa shape index (κ3) is 3.73. The molecule has 23 heavy (non-hydrogen) atoms. The Hall–Kier alpha value is -2.28. The minimum Gasteiger partial charge on any atom is -0.493 e. The Bertz CT molecular complexity index is 591. The maximum atomic E-state index is 11.9. The summed E-state index contributed by atoms with van der Waals surface area (Å²) in [5.74, 6) is 1.21. The molecule has 1 aliphatic heterocycles. The van der Waals surface area contributed by atoms with Crippen LogP contribution in [0.5, 0.6) is 11.5 Å². The summed E-state index contributed by atoms with van der Waals surface area (Å²) < 4.78 is 10.5. The Morgan fingerprint density at radius 1 is 1.17 bits per heavy atom. The van der Waals surface area contributed by atoms with Crippen molar-refractivity contribution in [1.29, 1.82) is 0 Å². The van der Waals surface area contributed by atoms with Crippen molar-refractivity contribution in [1.82, 2.24) is 15.1 Å². The number of benzene rings is 1. The van der Waals surface area contributed by atoms with Crippen LogP contribution in [-0.4, -0.2) is 62.8 Å². The first-order valence-electron chi connectivity index (χ1n) is 7.45. The van der Waals surface area contributed by atoms with Crippen molar-refractivity contribution in [2.75, 3.05) is 34.9 Å². The predicted molar refractivity (Wildman–Crippen MR) is 85.6 cm³/mol. The maximum Gasteiger partial charge on any atom is 0.327 e. The SMILES string of the molecule is COc1ccc(CCNC2CC(=O)N(C)C(=O)N2C)cc1OC. The molecule has 0 bridgehead atoms. The number of hydrogen-bond donors (Lipinski definition) is 1. The van der Waals surface area contributed by atoms with Gasteiger partial charge in [0.2, 0.25) is 5.91 Å². The fraction of sp³-hybridized carbons (Fsp3) is 0.500. The summed E-state index contributed by atoms with van der Waals surface area (Å²) in [6.07, 6.45) is 0.763. The third-order valence-corrected chi connectivity index (χ3v) is 4.04. The van der Waals surface area contributed by atoms with Crippen molar-refractivity contribution in [3.8, 4) is 11.5 Å². The van der Waals surface area contributed by atoms with E-state index in [0.717, 1.165) is 16.9 Å². The van der Waals surface area contributed by atoms with E-state index in [2.05, 4.69) is 5.32 Å². The summed E-state index contributed by atoms with van der Waals surface area (Å²) in [7, 11) is 6.40. The van der Waals surface area contributed by atoms with E-state index in [0.29, 0.717) is 18.0 Å². The molecular weight excluding hydrogens is 298 g/mol. The monoisotopic (exact) mass is 321 g/mol. The Morgan fingerprint density at radius 2 is 1.87 bits per heavy atom. The molecular formula is C16H23N3O4. The molecule has 1 atom stereocenters. The van der Waals surface area contributed by atoms with Crippen molar-refractivity contribution in [3.05, 3.63) is 23.8 Å². The normalized spacial score (nSPS) is 18.3. The van der Waals surface area contributed by atoms with Crippen LogP contribution >= 0.6 is 0 Å². The standard InChI is InChI=1S/C16H23N3O4/c1-18-14(10-15(20)19(2)16(18)21)17-8-7-11-5-6-12(22-3)13(9-11)23-4/h5-6,9,14,17H,7-8,10H2,1-4H3. The first-order valence-corrected chi connectivity index (χ1v) is 7.45. The lowest BCUT2D eigenvalue weighted by atomic mass is 10.1. The minimum absolute atomic E-state index is 0.170. The van der Waals surface area contributed by atoms with E-state index in [-0.39, 0.29) is 24.5 Å². The van der Waals surface area contributed by atoms with Gasteiger partial charge in [-0.05, 0) is 24.1 Å². The molecule has 1 unspecified atom stereocenters. The van der Waals surface area contributed by atoms with Crippen molar-refractivity contribution < 1.29 is 19.1 Å². The van der Waals surface area contributed by atoms with Gasteiger partial charge in [-0.3, -0.25) is 15.0 Å². The van der Waals surface area contributed by atoms with E-state index >= 15 is 0 Å². The molecule has 0 radical (unpaired) electrons. The van der Waals surface area contributed by atoms with Crippen molar-refractivity contribution >= 4 is 11.9 Å². The van der Waals surface area contributed by atoms with Gasteiger partial charge in [-0.1, -0.05) is 6.07 Å². The fourth-order valence-corrected chi connectivity index (χ4v) is 2.54. The highest BCUT2D eigenvalue weighted by atomic mass is 16.5. The number of ether oxygens (including phenoxy) is 2. The van der Waals surface area contributed by atoms with Crippen molar-refractivity contribution in [2.24, 2.45) is 0 Å².